The van der Waals surface area contributed by atoms with Gasteiger partial charge in [-0.3, -0.25) is 4.79 Å². The lowest BCUT2D eigenvalue weighted by Gasteiger charge is -2.21. The second-order valence-corrected chi connectivity index (χ2v) is 5.72. The van der Waals surface area contributed by atoms with Gasteiger partial charge in [-0.05, 0) is 31.5 Å². The lowest BCUT2D eigenvalue weighted by Crippen LogP contribution is -2.43. The number of nitrogens with one attached hydrogen (secondary N) is 2. The summed E-state index contributed by atoms with van der Waals surface area (Å²) in [7, 11) is 1.62. The van der Waals surface area contributed by atoms with Gasteiger partial charge in [-0.25, -0.2) is 4.79 Å². The Morgan fingerprint density at radius 2 is 2.05 bits per heavy atom. The van der Waals surface area contributed by atoms with E-state index >= 15 is 0 Å². The van der Waals surface area contributed by atoms with Crippen LogP contribution in [0.15, 0.2) is 24.3 Å². The van der Waals surface area contributed by atoms with Crippen molar-refractivity contribution in [1.29, 1.82) is 0 Å². The topological polar surface area (TPSA) is 70.7 Å². The molecule has 1 unspecified atom stereocenters. The molecule has 2 N–H and O–H groups in total. The summed E-state index contributed by atoms with van der Waals surface area (Å²) < 4.78 is 5.09. The molecule has 1 aliphatic heterocycles. The first kappa shape index (κ1) is 16.1. The molecular formula is C16H23N3O3. The maximum absolute atomic E-state index is 11.9. The standard InChI is InChI=1S/C16H23N3O3/c1-11(2)19-10-13(8-15(19)20)18-16(21)17-9-12-4-6-14(22-3)7-5-12/h4-7,11,13H,8-10H2,1-3H3,(H2,17,18,21). The normalized spacial score (nSPS) is 17.7. The van der Waals surface area contributed by atoms with Crippen LogP contribution in [0.3, 0.4) is 0 Å². The zero-order chi connectivity index (χ0) is 16.1. The van der Waals surface area contributed by atoms with E-state index in [9.17, 15) is 9.59 Å². The summed E-state index contributed by atoms with van der Waals surface area (Å²) in [5.41, 5.74) is 0.988. The van der Waals surface area contributed by atoms with E-state index in [4.69, 9.17) is 4.74 Å². The molecule has 0 saturated carbocycles. The largest absolute Gasteiger partial charge is 0.497 e. The lowest BCUT2D eigenvalue weighted by atomic mass is 10.2. The third-order valence-corrected chi connectivity index (χ3v) is 3.73. The fourth-order valence-electron chi connectivity index (χ4n) is 2.49. The monoisotopic (exact) mass is 305 g/mol. The first-order chi connectivity index (χ1) is 10.5. The minimum Gasteiger partial charge on any atom is -0.497 e. The molecule has 1 heterocycles. The predicted octanol–water partition coefficient (Wildman–Crippen LogP) is 1.50. The van der Waals surface area contributed by atoms with Gasteiger partial charge in [-0.1, -0.05) is 12.1 Å². The molecule has 0 aromatic heterocycles. The van der Waals surface area contributed by atoms with Gasteiger partial charge in [-0.2, -0.15) is 0 Å². The minimum atomic E-state index is -0.251. The summed E-state index contributed by atoms with van der Waals surface area (Å²) in [5, 5.41) is 5.65. The van der Waals surface area contributed by atoms with Crippen LogP contribution in [0.4, 0.5) is 4.79 Å². The molecular weight excluding hydrogens is 282 g/mol. The van der Waals surface area contributed by atoms with Gasteiger partial charge in [0.2, 0.25) is 5.91 Å². The van der Waals surface area contributed by atoms with Gasteiger partial charge in [0.05, 0.1) is 13.2 Å². The van der Waals surface area contributed by atoms with Gasteiger partial charge in [0.1, 0.15) is 5.75 Å². The lowest BCUT2D eigenvalue weighted by molar-refractivity contribution is -0.129. The van der Waals surface area contributed by atoms with E-state index in [1.807, 2.05) is 38.1 Å². The van der Waals surface area contributed by atoms with E-state index in [2.05, 4.69) is 10.6 Å². The molecule has 6 nitrogen and oxygen atoms in total. The molecule has 1 saturated heterocycles. The summed E-state index contributed by atoms with van der Waals surface area (Å²) >= 11 is 0. The number of ether oxygens (including phenoxy) is 1. The Kier molecular flexibility index (Phi) is 5.25. The molecule has 1 aliphatic rings. The van der Waals surface area contributed by atoms with E-state index in [1.54, 1.807) is 12.0 Å². The molecule has 1 aromatic rings. The number of benzene rings is 1. The second kappa shape index (κ2) is 7.15. The Morgan fingerprint density at radius 1 is 1.36 bits per heavy atom. The molecule has 120 valence electrons. The van der Waals surface area contributed by atoms with E-state index in [-0.39, 0.29) is 24.0 Å². The van der Waals surface area contributed by atoms with Crippen molar-refractivity contribution in [2.24, 2.45) is 0 Å². The van der Waals surface area contributed by atoms with Crippen LogP contribution in [0.5, 0.6) is 5.75 Å². The van der Waals surface area contributed by atoms with Crippen LogP contribution in [-0.2, 0) is 11.3 Å². The average Bonchev–Trinajstić information content (AvgIpc) is 2.86. The van der Waals surface area contributed by atoms with Gasteiger partial charge < -0.3 is 20.3 Å². The van der Waals surface area contributed by atoms with Crippen molar-refractivity contribution < 1.29 is 14.3 Å². The molecule has 0 aliphatic carbocycles. The van der Waals surface area contributed by atoms with E-state index in [0.29, 0.717) is 19.5 Å². The second-order valence-electron chi connectivity index (χ2n) is 5.72. The maximum atomic E-state index is 11.9. The molecule has 1 aromatic carbocycles. The van der Waals surface area contributed by atoms with Gasteiger partial charge in [-0.15, -0.1) is 0 Å². The van der Waals surface area contributed by atoms with Crippen LogP contribution in [0.2, 0.25) is 0 Å². The highest BCUT2D eigenvalue weighted by Crippen LogP contribution is 2.14. The zero-order valence-corrected chi connectivity index (χ0v) is 13.3. The van der Waals surface area contributed by atoms with Crippen molar-refractivity contribution in [3.05, 3.63) is 29.8 Å². The number of nitrogens with zero attached hydrogens (tertiary/aromatic N) is 1. The smallest absolute Gasteiger partial charge is 0.315 e. The number of methoxy groups -OCH3 is 1. The fourth-order valence-corrected chi connectivity index (χ4v) is 2.49. The summed E-state index contributed by atoms with van der Waals surface area (Å²) in [6.07, 6.45) is 0.369. The van der Waals surface area contributed by atoms with Gasteiger partial charge >= 0.3 is 6.03 Å². The van der Waals surface area contributed by atoms with E-state index in [0.717, 1.165) is 11.3 Å². The Labute approximate surface area is 130 Å². The summed E-state index contributed by atoms with van der Waals surface area (Å²) in [5.74, 6) is 0.877. The molecule has 22 heavy (non-hydrogen) atoms. The molecule has 2 rings (SSSR count). The van der Waals surface area contributed by atoms with E-state index in [1.165, 1.54) is 0 Å². The molecule has 1 fully saturated rings. The molecule has 0 radical (unpaired) electrons. The summed E-state index contributed by atoms with van der Waals surface area (Å²) in [4.78, 5) is 25.5. The minimum absolute atomic E-state index is 0.0930. The first-order valence-electron chi connectivity index (χ1n) is 7.46. The molecule has 0 bridgehead atoms. The van der Waals surface area contributed by atoms with Crippen LogP contribution < -0.4 is 15.4 Å². The quantitative estimate of drug-likeness (QED) is 0.866. The first-order valence-corrected chi connectivity index (χ1v) is 7.46. The zero-order valence-electron chi connectivity index (χ0n) is 13.3. The molecule has 3 amide bonds. The number of carbonyl (C=O) groups excluding carboxylic acids is 2. The SMILES string of the molecule is COc1ccc(CNC(=O)NC2CC(=O)N(C(C)C)C2)cc1. The van der Waals surface area contributed by atoms with Crippen LogP contribution >= 0.6 is 0 Å². The van der Waals surface area contributed by atoms with Gasteiger partial charge in [0, 0.05) is 25.6 Å². The highest BCUT2D eigenvalue weighted by Gasteiger charge is 2.31. The number of rotatable bonds is 5. The molecule has 0 spiro atoms. The van der Waals surface area contributed by atoms with Crippen molar-refractivity contribution in [2.45, 2.75) is 38.9 Å². The van der Waals surface area contributed by atoms with Crippen LogP contribution in [0.25, 0.3) is 0 Å². The maximum Gasteiger partial charge on any atom is 0.315 e. The number of likely N-dealkylation sites (tertiary alicyclic amines) is 1. The van der Waals surface area contributed by atoms with Crippen LogP contribution in [0, 0.1) is 0 Å². The van der Waals surface area contributed by atoms with Crippen LogP contribution in [0.1, 0.15) is 25.8 Å². The van der Waals surface area contributed by atoms with Gasteiger partial charge in [0.15, 0.2) is 0 Å². The molecule has 6 heteroatoms. The highest BCUT2D eigenvalue weighted by molar-refractivity contribution is 5.81. The highest BCUT2D eigenvalue weighted by atomic mass is 16.5. The van der Waals surface area contributed by atoms with Crippen LogP contribution in [-0.4, -0.2) is 42.6 Å². The van der Waals surface area contributed by atoms with Crippen molar-refractivity contribution >= 4 is 11.9 Å². The fraction of sp³-hybridized carbons (Fsp3) is 0.500. The number of amides is 3. The Hall–Kier alpha value is -2.24. The Bertz CT molecular complexity index is 528. The third kappa shape index (κ3) is 4.13. The number of urea groups is 1. The van der Waals surface area contributed by atoms with Crippen molar-refractivity contribution in [3.8, 4) is 5.75 Å². The third-order valence-electron chi connectivity index (χ3n) is 3.73. The Balaban J connectivity index is 1.77. The Morgan fingerprint density at radius 3 is 2.59 bits per heavy atom. The number of hydrogen-bond acceptors (Lipinski definition) is 3. The van der Waals surface area contributed by atoms with Gasteiger partial charge in [0.25, 0.3) is 0 Å². The summed E-state index contributed by atoms with van der Waals surface area (Å²) in [6, 6.07) is 7.31. The number of hydrogen-bond donors (Lipinski definition) is 2. The van der Waals surface area contributed by atoms with Crippen molar-refractivity contribution in [1.82, 2.24) is 15.5 Å². The molecule has 1 atom stereocenters. The summed E-state index contributed by atoms with van der Waals surface area (Å²) in [6.45, 7) is 4.96. The number of carbonyl (C=O) groups is 2. The van der Waals surface area contributed by atoms with Crippen molar-refractivity contribution in [2.75, 3.05) is 13.7 Å². The predicted molar refractivity (Wildman–Crippen MR) is 83.6 cm³/mol. The van der Waals surface area contributed by atoms with E-state index < -0.39 is 0 Å². The van der Waals surface area contributed by atoms with Crippen molar-refractivity contribution in [3.63, 3.8) is 0 Å². The average molecular weight is 305 g/mol.